The van der Waals surface area contributed by atoms with Gasteiger partial charge in [0, 0.05) is 18.4 Å². The van der Waals surface area contributed by atoms with Gasteiger partial charge in [-0.15, -0.1) is 0 Å². The summed E-state index contributed by atoms with van der Waals surface area (Å²) in [5, 5.41) is 0. The summed E-state index contributed by atoms with van der Waals surface area (Å²) in [5.41, 5.74) is 8.76. The van der Waals surface area contributed by atoms with Crippen LogP contribution in [0.4, 0.5) is 0 Å². The maximum atomic E-state index is 11.6. The predicted molar refractivity (Wildman–Crippen MR) is 59.3 cm³/mol. The van der Waals surface area contributed by atoms with Gasteiger partial charge in [-0.25, -0.2) is 0 Å². The molecule has 0 aliphatic rings. The number of ketones is 2. The van der Waals surface area contributed by atoms with Crippen molar-refractivity contribution >= 4 is 17.8 Å². The Morgan fingerprint density at radius 1 is 1.19 bits per heavy atom. The largest absolute Gasteiger partial charge is 0.361 e. The Morgan fingerprint density at radius 3 is 2.50 bits per heavy atom. The summed E-state index contributed by atoms with van der Waals surface area (Å²) in [5.74, 6) is -0.252. The molecule has 0 saturated heterocycles. The molecule has 0 saturated carbocycles. The Kier molecular flexibility index (Phi) is 4.83. The SMILES string of the molecule is [N-]=[N+]=CC(=O)CCCC(=O)c1ccccc1. The molecule has 1 rings (SSSR count). The molecule has 0 radical (unpaired) electrons. The van der Waals surface area contributed by atoms with E-state index >= 15 is 0 Å². The molecule has 0 unspecified atom stereocenters. The maximum absolute atomic E-state index is 11.6. The highest BCUT2D eigenvalue weighted by molar-refractivity contribution is 6.25. The zero-order valence-electron chi connectivity index (χ0n) is 8.80. The lowest BCUT2D eigenvalue weighted by atomic mass is 10.0. The second-order valence-corrected chi connectivity index (χ2v) is 3.35. The van der Waals surface area contributed by atoms with Crippen LogP contribution in [0.5, 0.6) is 0 Å². The molecule has 4 heteroatoms. The summed E-state index contributed by atoms with van der Waals surface area (Å²) in [7, 11) is 0. The van der Waals surface area contributed by atoms with Gasteiger partial charge >= 0.3 is 6.21 Å². The Balaban J connectivity index is 2.37. The molecular weight excluding hydrogens is 204 g/mol. The third-order valence-electron chi connectivity index (χ3n) is 2.12. The molecule has 0 aromatic heterocycles. The van der Waals surface area contributed by atoms with E-state index in [2.05, 4.69) is 4.79 Å². The summed E-state index contributed by atoms with van der Waals surface area (Å²) < 4.78 is 0. The van der Waals surface area contributed by atoms with E-state index in [-0.39, 0.29) is 18.0 Å². The molecule has 4 nitrogen and oxygen atoms in total. The summed E-state index contributed by atoms with van der Waals surface area (Å²) in [6, 6.07) is 8.95. The molecule has 0 spiro atoms. The van der Waals surface area contributed by atoms with Crippen LogP contribution >= 0.6 is 0 Å². The fraction of sp³-hybridized carbons (Fsp3) is 0.250. The van der Waals surface area contributed by atoms with Crippen LogP contribution in [-0.4, -0.2) is 22.6 Å². The monoisotopic (exact) mass is 216 g/mol. The van der Waals surface area contributed by atoms with Crippen molar-refractivity contribution in [1.29, 1.82) is 0 Å². The normalized spacial score (nSPS) is 9.25. The Labute approximate surface area is 93.5 Å². The van der Waals surface area contributed by atoms with Gasteiger partial charge in [0.15, 0.2) is 5.78 Å². The number of hydrogen-bond donors (Lipinski definition) is 0. The summed E-state index contributed by atoms with van der Waals surface area (Å²) in [6.45, 7) is 0. The average molecular weight is 216 g/mol. The molecule has 0 atom stereocenters. The Hall–Kier alpha value is -2.06. The van der Waals surface area contributed by atoms with E-state index in [1.807, 2.05) is 6.07 Å². The standard InChI is InChI=1S/C12H12N2O2/c13-14-9-11(15)7-4-8-12(16)10-5-2-1-3-6-10/h1-3,5-6,9H,4,7-8H2. The lowest BCUT2D eigenvalue weighted by Crippen LogP contribution is -2.03. The van der Waals surface area contributed by atoms with Crippen LogP contribution in [0.25, 0.3) is 5.53 Å². The Morgan fingerprint density at radius 2 is 1.88 bits per heavy atom. The first-order valence-electron chi connectivity index (χ1n) is 5.02. The van der Waals surface area contributed by atoms with Crippen molar-refractivity contribution in [2.45, 2.75) is 19.3 Å². The number of carbonyl (C=O) groups is 2. The van der Waals surface area contributed by atoms with Gasteiger partial charge in [0.1, 0.15) is 0 Å². The summed E-state index contributed by atoms with van der Waals surface area (Å²) in [4.78, 5) is 25.2. The van der Waals surface area contributed by atoms with Gasteiger partial charge in [-0.2, -0.15) is 4.79 Å². The van der Waals surface area contributed by atoms with E-state index in [1.54, 1.807) is 24.3 Å². The molecule has 0 N–H and O–H groups in total. The first-order valence-corrected chi connectivity index (χ1v) is 5.02. The van der Waals surface area contributed by atoms with Crippen LogP contribution in [0.15, 0.2) is 30.3 Å². The van der Waals surface area contributed by atoms with Gasteiger partial charge in [-0.1, -0.05) is 30.3 Å². The fourth-order valence-electron chi connectivity index (χ4n) is 1.32. The summed E-state index contributed by atoms with van der Waals surface area (Å²) in [6.07, 6.45) is 1.88. The third kappa shape index (κ3) is 3.98. The molecule has 0 aliphatic carbocycles. The highest BCUT2D eigenvalue weighted by Crippen LogP contribution is 2.06. The van der Waals surface area contributed by atoms with Crippen LogP contribution in [0.3, 0.4) is 0 Å². The molecule has 0 amide bonds. The minimum Gasteiger partial charge on any atom is -0.361 e. The van der Waals surface area contributed by atoms with E-state index in [0.29, 0.717) is 18.4 Å². The molecule has 0 heterocycles. The van der Waals surface area contributed by atoms with Crippen molar-refractivity contribution in [3.63, 3.8) is 0 Å². The van der Waals surface area contributed by atoms with E-state index in [4.69, 9.17) is 5.53 Å². The highest BCUT2D eigenvalue weighted by Gasteiger charge is 2.07. The molecule has 0 aliphatic heterocycles. The van der Waals surface area contributed by atoms with Gasteiger partial charge in [0.05, 0.1) is 0 Å². The molecular formula is C12H12N2O2. The number of rotatable bonds is 6. The predicted octanol–water partition coefficient (Wildman–Crippen LogP) is 1.91. The fourth-order valence-corrected chi connectivity index (χ4v) is 1.32. The zero-order chi connectivity index (χ0) is 11.8. The minimum atomic E-state index is -0.275. The quantitative estimate of drug-likeness (QED) is 0.315. The van der Waals surface area contributed by atoms with Crippen LogP contribution in [0.1, 0.15) is 29.6 Å². The second-order valence-electron chi connectivity index (χ2n) is 3.35. The van der Waals surface area contributed by atoms with Crippen molar-refractivity contribution in [3.8, 4) is 0 Å². The first kappa shape index (κ1) is 12.0. The topological polar surface area (TPSA) is 70.5 Å². The number of Topliss-reactive ketones (excluding diaryl/α,β-unsaturated/α-hetero) is 2. The molecule has 0 bridgehead atoms. The van der Waals surface area contributed by atoms with Gasteiger partial charge in [-0.05, 0) is 6.42 Å². The van der Waals surface area contributed by atoms with Crippen LogP contribution in [0, 0.1) is 0 Å². The molecule has 16 heavy (non-hydrogen) atoms. The van der Waals surface area contributed by atoms with E-state index in [0.717, 1.165) is 6.21 Å². The lowest BCUT2D eigenvalue weighted by molar-refractivity contribution is -0.116. The van der Waals surface area contributed by atoms with Crippen molar-refractivity contribution in [1.82, 2.24) is 0 Å². The minimum absolute atomic E-state index is 0.0225. The van der Waals surface area contributed by atoms with Crippen molar-refractivity contribution < 1.29 is 14.4 Å². The molecule has 0 fully saturated rings. The second kappa shape index (κ2) is 6.43. The van der Waals surface area contributed by atoms with Crippen molar-refractivity contribution in [2.24, 2.45) is 0 Å². The molecule has 1 aromatic rings. The van der Waals surface area contributed by atoms with Crippen LogP contribution < -0.4 is 0 Å². The number of carbonyl (C=O) groups excluding carboxylic acids is 2. The smallest absolute Gasteiger partial charge is 0.323 e. The van der Waals surface area contributed by atoms with Gasteiger partial charge < -0.3 is 5.53 Å². The number of hydrogen-bond acceptors (Lipinski definition) is 2. The van der Waals surface area contributed by atoms with E-state index in [1.165, 1.54) is 0 Å². The van der Waals surface area contributed by atoms with Crippen molar-refractivity contribution in [3.05, 3.63) is 41.4 Å². The van der Waals surface area contributed by atoms with E-state index in [9.17, 15) is 9.59 Å². The van der Waals surface area contributed by atoms with Gasteiger partial charge in [-0.3, -0.25) is 9.59 Å². The Bertz CT molecular complexity index is 420. The van der Waals surface area contributed by atoms with Crippen molar-refractivity contribution in [2.75, 3.05) is 0 Å². The number of nitrogens with zero attached hydrogens (tertiary/aromatic N) is 2. The van der Waals surface area contributed by atoms with E-state index < -0.39 is 0 Å². The van der Waals surface area contributed by atoms with Gasteiger partial charge in [0.25, 0.3) is 0 Å². The summed E-state index contributed by atoms with van der Waals surface area (Å²) >= 11 is 0. The molecule has 82 valence electrons. The van der Waals surface area contributed by atoms with Crippen LogP contribution in [-0.2, 0) is 4.79 Å². The zero-order valence-corrected chi connectivity index (χ0v) is 8.80. The first-order chi connectivity index (χ1) is 7.74. The van der Waals surface area contributed by atoms with Gasteiger partial charge in [0.2, 0.25) is 5.78 Å². The highest BCUT2D eigenvalue weighted by atomic mass is 16.1. The molecule has 1 aromatic carbocycles. The third-order valence-corrected chi connectivity index (χ3v) is 2.12. The number of benzene rings is 1. The lowest BCUT2D eigenvalue weighted by Gasteiger charge is -1.98. The van der Waals surface area contributed by atoms with Crippen LogP contribution in [0.2, 0.25) is 0 Å². The maximum Gasteiger partial charge on any atom is 0.323 e. The average Bonchev–Trinajstić information content (AvgIpc) is 2.30.